The Labute approximate surface area is 108 Å². The van der Waals surface area contributed by atoms with Crippen LogP contribution in [0.2, 0.25) is 0 Å². The minimum Gasteiger partial charge on any atom is -0.399 e. The highest BCUT2D eigenvalue weighted by molar-refractivity contribution is 7.07. The van der Waals surface area contributed by atoms with Crippen LogP contribution in [0.25, 0.3) is 0 Å². The molecule has 1 aromatic heterocycles. The molecular weight excluding hydrogens is 233 g/mol. The molecule has 0 spiro atoms. The molecule has 1 aliphatic heterocycles. The Morgan fingerprint density at radius 3 is 2.18 bits per heavy atom. The standard InChI is InChI=1S/C12H20BNO2S/c1-8(2)10-9(7-14-17-10)13-15-11(3,4)12(5,6)16-13/h7-8H,1-6H3. The summed E-state index contributed by atoms with van der Waals surface area (Å²) >= 11 is 1.53. The molecule has 0 unspecified atom stereocenters. The van der Waals surface area contributed by atoms with Crippen molar-refractivity contribution in [3.8, 4) is 0 Å². The van der Waals surface area contributed by atoms with Crippen molar-refractivity contribution in [1.29, 1.82) is 0 Å². The van der Waals surface area contributed by atoms with Crippen LogP contribution in [-0.2, 0) is 9.31 Å². The summed E-state index contributed by atoms with van der Waals surface area (Å²) in [6.45, 7) is 12.6. The maximum atomic E-state index is 6.04. The van der Waals surface area contributed by atoms with Gasteiger partial charge in [0.2, 0.25) is 0 Å². The van der Waals surface area contributed by atoms with Crippen LogP contribution in [0.3, 0.4) is 0 Å². The Morgan fingerprint density at radius 2 is 1.71 bits per heavy atom. The zero-order valence-electron chi connectivity index (χ0n) is 11.4. The second-order valence-corrected chi connectivity index (χ2v) is 6.72. The van der Waals surface area contributed by atoms with Gasteiger partial charge in [0, 0.05) is 16.5 Å². The molecule has 0 bridgehead atoms. The molecule has 0 amide bonds. The molecule has 2 heterocycles. The van der Waals surface area contributed by atoms with Gasteiger partial charge in [-0.3, -0.25) is 0 Å². The Hall–Kier alpha value is -0.385. The van der Waals surface area contributed by atoms with E-state index in [1.807, 2.05) is 6.20 Å². The molecule has 0 aromatic carbocycles. The lowest BCUT2D eigenvalue weighted by Crippen LogP contribution is -2.41. The van der Waals surface area contributed by atoms with Gasteiger partial charge < -0.3 is 9.31 Å². The van der Waals surface area contributed by atoms with E-state index in [1.54, 1.807) is 0 Å². The summed E-state index contributed by atoms with van der Waals surface area (Å²) in [6, 6.07) is 0. The fraction of sp³-hybridized carbons (Fsp3) is 0.750. The van der Waals surface area contributed by atoms with E-state index in [-0.39, 0.29) is 18.3 Å². The van der Waals surface area contributed by atoms with Crippen molar-refractivity contribution in [3.05, 3.63) is 11.1 Å². The van der Waals surface area contributed by atoms with Gasteiger partial charge in [0.1, 0.15) is 0 Å². The first-order valence-corrected chi connectivity index (χ1v) is 6.82. The Bertz CT molecular complexity index is 398. The number of nitrogens with zero attached hydrogens (tertiary/aromatic N) is 1. The molecule has 1 fully saturated rings. The molecule has 0 radical (unpaired) electrons. The number of hydrogen-bond donors (Lipinski definition) is 0. The van der Waals surface area contributed by atoms with Gasteiger partial charge in [-0.2, -0.15) is 0 Å². The summed E-state index contributed by atoms with van der Waals surface area (Å²) in [7, 11) is -0.281. The van der Waals surface area contributed by atoms with E-state index < -0.39 is 0 Å². The van der Waals surface area contributed by atoms with E-state index in [2.05, 4.69) is 45.9 Å². The van der Waals surface area contributed by atoms with E-state index in [0.717, 1.165) is 5.46 Å². The van der Waals surface area contributed by atoms with Crippen molar-refractivity contribution in [2.24, 2.45) is 0 Å². The predicted molar refractivity (Wildman–Crippen MR) is 71.9 cm³/mol. The Morgan fingerprint density at radius 1 is 1.18 bits per heavy atom. The number of rotatable bonds is 2. The average molecular weight is 253 g/mol. The summed E-state index contributed by atoms with van der Waals surface area (Å²) < 4.78 is 16.4. The molecular formula is C12H20BNO2S. The second kappa shape index (κ2) is 4.07. The number of aromatic nitrogens is 1. The van der Waals surface area contributed by atoms with Crippen LogP contribution in [0.1, 0.15) is 52.3 Å². The smallest absolute Gasteiger partial charge is 0.399 e. The highest BCUT2D eigenvalue weighted by Crippen LogP contribution is 2.37. The third kappa shape index (κ3) is 2.16. The van der Waals surface area contributed by atoms with Crippen LogP contribution < -0.4 is 5.46 Å². The second-order valence-electron chi connectivity index (χ2n) is 5.89. The third-order valence-electron chi connectivity index (χ3n) is 3.66. The van der Waals surface area contributed by atoms with Gasteiger partial charge in [0.05, 0.1) is 11.2 Å². The zero-order chi connectivity index (χ0) is 12.8. The van der Waals surface area contributed by atoms with Gasteiger partial charge in [-0.15, -0.1) is 0 Å². The Balaban J connectivity index is 2.29. The molecule has 0 saturated carbocycles. The first-order chi connectivity index (χ1) is 7.74. The molecule has 94 valence electrons. The lowest BCUT2D eigenvalue weighted by molar-refractivity contribution is 0.00578. The molecule has 5 heteroatoms. The van der Waals surface area contributed by atoms with Gasteiger partial charge >= 0.3 is 7.12 Å². The minimum atomic E-state index is -0.284. The fourth-order valence-electron chi connectivity index (χ4n) is 1.84. The summed E-state index contributed by atoms with van der Waals surface area (Å²) in [4.78, 5) is 1.25. The maximum Gasteiger partial charge on any atom is 0.497 e. The lowest BCUT2D eigenvalue weighted by atomic mass is 9.78. The third-order valence-corrected chi connectivity index (χ3v) is 4.77. The molecule has 1 saturated heterocycles. The summed E-state index contributed by atoms with van der Waals surface area (Å²) in [5.41, 5.74) is 0.519. The molecule has 2 rings (SSSR count). The summed E-state index contributed by atoms with van der Waals surface area (Å²) in [5, 5.41) is 0. The lowest BCUT2D eigenvalue weighted by Gasteiger charge is -2.32. The molecule has 0 N–H and O–H groups in total. The molecule has 3 nitrogen and oxygen atoms in total. The van der Waals surface area contributed by atoms with E-state index in [0.29, 0.717) is 5.92 Å². The summed E-state index contributed by atoms with van der Waals surface area (Å²) in [5.74, 6) is 0.455. The zero-order valence-corrected chi connectivity index (χ0v) is 12.2. The highest BCUT2D eigenvalue weighted by atomic mass is 32.1. The topological polar surface area (TPSA) is 31.4 Å². The van der Waals surface area contributed by atoms with E-state index in [1.165, 1.54) is 16.4 Å². The number of hydrogen-bond acceptors (Lipinski definition) is 4. The van der Waals surface area contributed by atoms with Crippen LogP contribution in [0.4, 0.5) is 0 Å². The fourth-order valence-corrected chi connectivity index (χ4v) is 2.59. The van der Waals surface area contributed by atoms with E-state index in [9.17, 15) is 0 Å². The van der Waals surface area contributed by atoms with Crippen LogP contribution in [0, 0.1) is 0 Å². The van der Waals surface area contributed by atoms with Crippen molar-refractivity contribution >= 4 is 24.1 Å². The first kappa shape index (κ1) is 13.1. The van der Waals surface area contributed by atoms with Crippen LogP contribution in [0.5, 0.6) is 0 Å². The van der Waals surface area contributed by atoms with Crippen molar-refractivity contribution < 1.29 is 9.31 Å². The molecule has 1 aliphatic rings. The van der Waals surface area contributed by atoms with Gasteiger partial charge in [-0.1, -0.05) is 13.8 Å². The monoisotopic (exact) mass is 253 g/mol. The molecule has 17 heavy (non-hydrogen) atoms. The SMILES string of the molecule is CC(C)c1sncc1B1OC(C)(C)C(C)(C)O1. The van der Waals surface area contributed by atoms with Crippen LogP contribution in [0.15, 0.2) is 6.20 Å². The Kier molecular flexibility index (Phi) is 3.13. The minimum absolute atomic E-state index is 0.281. The van der Waals surface area contributed by atoms with Crippen LogP contribution >= 0.6 is 11.5 Å². The average Bonchev–Trinajstić information content (AvgIpc) is 2.69. The van der Waals surface area contributed by atoms with Gasteiger partial charge in [0.15, 0.2) is 0 Å². The first-order valence-electron chi connectivity index (χ1n) is 6.05. The maximum absolute atomic E-state index is 6.04. The molecule has 0 aliphatic carbocycles. The van der Waals surface area contributed by atoms with Crippen molar-refractivity contribution in [3.63, 3.8) is 0 Å². The predicted octanol–water partition coefficient (Wildman–Crippen LogP) is 2.57. The van der Waals surface area contributed by atoms with Crippen molar-refractivity contribution in [2.75, 3.05) is 0 Å². The highest BCUT2D eigenvalue weighted by Gasteiger charge is 2.52. The van der Waals surface area contributed by atoms with E-state index in [4.69, 9.17) is 9.31 Å². The van der Waals surface area contributed by atoms with Gasteiger partial charge in [0.25, 0.3) is 0 Å². The largest absolute Gasteiger partial charge is 0.497 e. The summed E-state index contributed by atoms with van der Waals surface area (Å²) in [6.07, 6.45) is 1.88. The van der Waals surface area contributed by atoms with Gasteiger partial charge in [-0.05, 0) is 45.1 Å². The van der Waals surface area contributed by atoms with Crippen LogP contribution in [-0.4, -0.2) is 22.7 Å². The molecule has 0 atom stereocenters. The quantitative estimate of drug-likeness (QED) is 0.759. The van der Waals surface area contributed by atoms with Crippen molar-refractivity contribution in [2.45, 2.75) is 58.7 Å². The normalized spacial score (nSPS) is 22.4. The van der Waals surface area contributed by atoms with E-state index >= 15 is 0 Å². The molecule has 1 aromatic rings. The van der Waals surface area contributed by atoms with Gasteiger partial charge in [-0.25, -0.2) is 4.37 Å². The van der Waals surface area contributed by atoms with Crippen molar-refractivity contribution in [1.82, 2.24) is 4.37 Å².